The van der Waals surface area contributed by atoms with Gasteiger partial charge in [0.15, 0.2) is 5.65 Å². The molecular weight excluding hydrogens is 511 g/mol. The molecule has 1 N–H and O–H groups in total. The molecule has 2 aromatic heterocycles. The summed E-state index contributed by atoms with van der Waals surface area (Å²) in [6, 6.07) is 6.24. The first-order valence-corrected chi connectivity index (χ1v) is 13.9. The number of carboxylic acid groups (broad SMARTS) is 1. The first-order chi connectivity index (χ1) is 17.7. The molecule has 2 aliphatic heterocycles. The summed E-state index contributed by atoms with van der Waals surface area (Å²) >= 11 is 12.6. The molecule has 198 valence electrons. The summed E-state index contributed by atoms with van der Waals surface area (Å²) in [6.07, 6.45) is 6.12. The summed E-state index contributed by atoms with van der Waals surface area (Å²) in [5.41, 5.74) is 3.30. The van der Waals surface area contributed by atoms with Gasteiger partial charge in [0.05, 0.1) is 17.9 Å². The minimum Gasteiger partial charge on any atom is -0.481 e. The summed E-state index contributed by atoms with van der Waals surface area (Å²) in [5, 5.41) is 15.1. The van der Waals surface area contributed by atoms with Gasteiger partial charge in [0, 0.05) is 41.6 Å². The number of anilines is 1. The Bertz CT molecular complexity index is 1300. The topological polar surface area (TPSA) is 87.4 Å². The Hall–Kier alpha value is -2.42. The number of rotatable bonds is 7. The Kier molecular flexibility index (Phi) is 7.61. The molecule has 0 saturated carbocycles. The fraction of sp³-hybridized carbons (Fsp3) is 0.556. The largest absolute Gasteiger partial charge is 0.481 e. The summed E-state index contributed by atoms with van der Waals surface area (Å²) < 4.78 is 1.91. The molecule has 4 atom stereocenters. The number of aryl methyl sites for hydroxylation is 1. The van der Waals surface area contributed by atoms with Crippen LogP contribution >= 0.6 is 23.2 Å². The van der Waals surface area contributed by atoms with Crippen LogP contribution in [0.25, 0.3) is 11.2 Å². The first kappa shape index (κ1) is 26.2. The molecule has 37 heavy (non-hydrogen) atoms. The second kappa shape index (κ2) is 10.8. The van der Waals surface area contributed by atoms with E-state index in [0.29, 0.717) is 28.0 Å². The fourth-order valence-corrected chi connectivity index (χ4v) is 6.73. The smallest absolute Gasteiger partial charge is 0.303 e. The molecule has 1 unspecified atom stereocenters. The van der Waals surface area contributed by atoms with Crippen LogP contribution in [0.3, 0.4) is 0 Å². The molecular formula is C27H34Cl2N6O2. The van der Waals surface area contributed by atoms with Crippen LogP contribution in [0, 0.1) is 12.8 Å². The zero-order valence-electron chi connectivity index (χ0n) is 21.6. The molecule has 0 bridgehead atoms. The lowest BCUT2D eigenvalue weighted by atomic mass is 9.91. The molecule has 0 radical (unpaired) electrons. The van der Waals surface area contributed by atoms with Crippen molar-refractivity contribution >= 4 is 46.2 Å². The number of fused-ring (bicyclic) bond motifs is 1. The van der Waals surface area contributed by atoms with Crippen molar-refractivity contribution in [3.63, 3.8) is 0 Å². The van der Waals surface area contributed by atoms with E-state index in [2.05, 4.69) is 23.6 Å². The molecule has 8 nitrogen and oxygen atoms in total. The maximum atomic E-state index is 11.1. The van der Waals surface area contributed by atoms with Crippen molar-refractivity contribution in [3.8, 4) is 0 Å². The highest BCUT2D eigenvalue weighted by atomic mass is 35.5. The first-order valence-electron chi connectivity index (χ1n) is 13.1. The number of carboxylic acids is 1. The number of nitrogens with zero attached hydrogens (tertiary/aromatic N) is 6. The van der Waals surface area contributed by atoms with E-state index in [1.54, 1.807) is 6.07 Å². The third kappa shape index (κ3) is 5.29. The molecule has 3 aromatic rings. The third-order valence-electron chi connectivity index (χ3n) is 8.06. The van der Waals surface area contributed by atoms with E-state index in [1.165, 1.54) is 0 Å². The maximum absolute atomic E-state index is 11.1. The Morgan fingerprint density at radius 2 is 2.05 bits per heavy atom. The number of piperidine rings is 1. The molecule has 0 aliphatic carbocycles. The average molecular weight is 546 g/mol. The third-order valence-corrected chi connectivity index (χ3v) is 8.62. The van der Waals surface area contributed by atoms with Gasteiger partial charge in [-0.05, 0) is 69.7 Å². The molecule has 2 saturated heterocycles. The number of hydrogen-bond acceptors (Lipinski definition) is 6. The van der Waals surface area contributed by atoms with Gasteiger partial charge in [-0.3, -0.25) is 9.69 Å². The lowest BCUT2D eigenvalue weighted by Crippen LogP contribution is -2.52. The van der Waals surface area contributed by atoms with Crippen LogP contribution in [-0.2, 0) is 4.79 Å². The van der Waals surface area contributed by atoms with E-state index < -0.39 is 5.97 Å². The molecule has 1 aromatic carbocycles. The summed E-state index contributed by atoms with van der Waals surface area (Å²) in [4.78, 5) is 25.8. The predicted molar refractivity (Wildman–Crippen MR) is 147 cm³/mol. The van der Waals surface area contributed by atoms with Gasteiger partial charge in [0.1, 0.15) is 11.3 Å². The molecule has 2 fully saturated rings. The Balaban J connectivity index is 1.36. The highest BCUT2D eigenvalue weighted by molar-refractivity contribution is 6.35. The molecule has 4 heterocycles. The number of benzene rings is 1. The van der Waals surface area contributed by atoms with Crippen LogP contribution in [0.5, 0.6) is 0 Å². The van der Waals surface area contributed by atoms with Crippen LogP contribution in [0.15, 0.2) is 24.4 Å². The monoisotopic (exact) mass is 544 g/mol. The number of aliphatic carboxylic acids is 1. The van der Waals surface area contributed by atoms with Crippen molar-refractivity contribution in [2.24, 2.45) is 5.92 Å². The SMILES string of the molecule is Cc1nn([C@H](C)c2ccc(Cl)cc2Cl)c2nc(N3CCC(N4CCC[C@H]4CCC(=O)O)[C@H](C)C3)cnc12. The Morgan fingerprint density at radius 1 is 1.24 bits per heavy atom. The van der Waals surface area contributed by atoms with Crippen LogP contribution in [-0.4, -0.2) is 67.4 Å². The molecule has 2 aliphatic rings. The van der Waals surface area contributed by atoms with Crippen molar-refractivity contribution < 1.29 is 9.90 Å². The van der Waals surface area contributed by atoms with Crippen LogP contribution in [0.2, 0.25) is 10.0 Å². The van der Waals surface area contributed by atoms with Gasteiger partial charge in [-0.1, -0.05) is 36.2 Å². The minimum atomic E-state index is -0.703. The van der Waals surface area contributed by atoms with E-state index in [9.17, 15) is 4.79 Å². The molecule has 5 rings (SSSR count). The van der Waals surface area contributed by atoms with Crippen molar-refractivity contribution in [2.45, 2.75) is 71.0 Å². The molecule has 10 heteroatoms. The maximum Gasteiger partial charge on any atom is 0.303 e. The lowest BCUT2D eigenvalue weighted by molar-refractivity contribution is -0.137. The van der Waals surface area contributed by atoms with Crippen LogP contribution in [0.1, 0.15) is 63.3 Å². The zero-order valence-corrected chi connectivity index (χ0v) is 23.1. The van der Waals surface area contributed by atoms with Crippen molar-refractivity contribution in [3.05, 3.63) is 45.7 Å². The van der Waals surface area contributed by atoms with Crippen molar-refractivity contribution in [1.82, 2.24) is 24.6 Å². The normalized spacial score (nSPS) is 23.6. The van der Waals surface area contributed by atoms with Crippen LogP contribution < -0.4 is 4.90 Å². The summed E-state index contributed by atoms with van der Waals surface area (Å²) in [7, 11) is 0. The Morgan fingerprint density at radius 3 is 2.78 bits per heavy atom. The minimum absolute atomic E-state index is 0.131. The molecule has 0 amide bonds. The van der Waals surface area contributed by atoms with Gasteiger partial charge in [0.2, 0.25) is 0 Å². The highest BCUT2D eigenvalue weighted by Gasteiger charge is 2.37. The number of halogens is 2. The van der Waals surface area contributed by atoms with Gasteiger partial charge in [-0.15, -0.1) is 0 Å². The Labute approximate surface area is 227 Å². The van der Waals surface area contributed by atoms with Crippen LogP contribution in [0.4, 0.5) is 5.82 Å². The average Bonchev–Trinajstić information content (AvgIpc) is 3.46. The highest BCUT2D eigenvalue weighted by Crippen LogP contribution is 2.34. The lowest BCUT2D eigenvalue weighted by Gasteiger charge is -2.43. The number of likely N-dealkylation sites (tertiary alicyclic amines) is 1. The summed E-state index contributed by atoms with van der Waals surface area (Å²) in [6.45, 7) is 9.15. The second-order valence-electron chi connectivity index (χ2n) is 10.5. The zero-order chi connectivity index (χ0) is 26.3. The van der Waals surface area contributed by atoms with Gasteiger partial charge >= 0.3 is 5.97 Å². The quantitative estimate of drug-likeness (QED) is 0.414. The van der Waals surface area contributed by atoms with Crippen molar-refractivity contribution in [1.29, 1.82) is 0 Å². The van der Waals surface area contributed by atoms with E-state index in [1.807, 2.05) is 29.9 Å². The van der Waals surface area contributed by atoms with Gasteiger partial charge in [-0.25, -0.2) is 14.6 Å². The van der Waals surface area contributed by atoms with E-state index in [-0.39, 0.29) is 12.5 Å². The summed E-state index contributed by atoms with van der Waals surface area (Å²) in [5.74, 6) is 0.595. The molecule has 0 spiro atoms. The number of carbonyl (C=O) groups is 1. The predicted octanol–water partition coefficient (Wildman–Crippen LogP) is 5.59. The standard InChI is InChI=1S/C27H34Cl2N6O2/c1-16-15-33(12-10-23(16)34-11-4-5-20(34)7-9-25(36)37)24-14-30-26-17(2)32-35(27(26)31-24)18(3)21-8-6-19(28)13-22(21)29/h6,8,13-14,16,18,20,23H,4-5,7,9-12,15H2,1-3H3,(H,36,37)/t16-,18-,20+,23?/m1/s1. The van der Waals surface area contributed by atoms with E-state index >= 15 is 0 Å². The van der Waals surface area contributed by atoms with Gasteiger partial charge in [0.25, 0.3) is 0 Å². The number of hydrogen-bond donors (Lipinski definition) is 1. The van der Waals surface area contributed by atoms with Gasteiger partial charge < -0.3 is 10.0 Å². The van der Waals surface area contributed by atoms with Crippen molar-refractivity contribution in [2.75, 3.05) is 24.5 Å². The van der Waals surface area contributed by atoms with E-state index in [0.717, 1.165) is 73.6 Å². The fourth-order valence-electron chi connectivity index (χ4n) is 6.16. The second-order valence-corrected chi connectivity index (χ2v) is 11.4. The van der Waals surface area contributed by atoms with E-state index in [4.69, 9.17) is 43.4 Å². The number of aromatic nitrogens is 4. The van der Waals surface area contributed by atoms with Gasteiger partial charge in [-0.2, -0.15) is 5.10 Å².